The number of hydrogen-bond donors (Lipinski definition) is 1. The number of rotatable bonds is 4. The van der Waals surface area contributed by atoms with Crippen LogP contribution in [0.25, 0.3) is 0 Å². The topological polar surface area (TPSA) is 27.6 Å². The van der Waals surface area contributed by atoms with Gasteiger partial charge < -0.3 is 5.32 Å². The zero-order chi connectivity index (χ0) is 12.0. The van der Waals surface area contributed by atoms with Crippen molar-refractivity contribution in [3.63, 3.8) is 0 Å². The van der Waals surface area contributed by atoms with E-state index in [2.05, 4.69) is 16.5 Å². The van der Waals surface area contributed by atoms with E-state index in [1.165, 1.54) is 0 Å². The molecule has 4 heteroatoms. The van der Waals surface area contributed by atoms with E-state index in [1.54, 1.807) is 0 Å². The fourth-order valence-corrected chi connectivity index (χ4v) is 1.38. The summed E-state index contributed by atoms with van der Waals surface area (Å²) in [6.07, 6.45) is 7.86. The molecule has 0 unspecified atom stereocenters. The van der Waals surface area contributed by atoms with Crippen LogP contribution in [0.3, 0.4) is 0 Å². The monoisotopic (exact) mass is 239 g/mol. The fraction of sp³-hybridized carbons (Fsp3) is 0.417. The number of nitrogens with zero attached hydrogens (tertiary/aromatic N) is 2. The van der Waals surface area contributed by atoms with E-state index in [4.69, 9.17) is 11.6 Å². The molecular formula is C12H18ClN3. The summed E-state index contributed by atoms with van der Waals surface area (Å²) in [6, 6.07) is 0. The molecule has 88 valence electrons. The first-order chi connectivity index (χ1) is 7.65. The van der Waals surface area contributed by atoms with Gasteiger partial charge in [0.25, 0.3) is 0 Å². The van der Waals surface area contributed by atoms with Crippen LogP contribution in [0.1, 0.15) is 20.8 Å². The Morgan fingerprint density at radius 3 is 2.88 bits per heavy atom. The van der Waals surface area contributed by atoms with Crippen molar-refractivity contribution in [3.8, 4) is 0 Å². The van der Waals surface area contributed by atoms with Crippen LogP contribution in [-0.4, -0.2) is 24.3 Å². The summed E-state index contributed by atoms with van der Waals surface area (Å²) < 4.78 is 0. The van der Waals surface area contributed by atoms with Crippen molar-refractivity contribution in [3.05, 3.63) is 34.7 Å². The van der Waals surface area contributed by atoms with Gasteiger partial charge in [-0.1, -0.05) is 17.7 Å². The Kier molecular flexibility index (Phi) is 5.12. The zero-order valence-electron chi connectivity index (χ0n) is 10.00. The average molecular weight is 240 g/mol. The van der Waals surface area contributed by atoms with Crippen LogP contribution in [0.15, 0.2) is 39.8 Å². The van der Waals surface area contributed by atoms with Gasteiger partial charge in [-0.2, -0.15) is 5.10 Å². The third-order valence-electron chi connectivity index (χ3n) is 2.38. The van der Waals surface area contributed by atoms with E-state index in [1.807, 2.05) is 44.3 Å². The lowest BCUT2D eigenvalue weighted by molar-refractivity contribution is 0.386. The van der Waals surface area contributed by atoms with Crippen molar-refractivity contribution in [2.75, 3.05) is 13.1 Å². The van der Waals surface area contributed by atoms with Crippen LogP contribution >= 0.6 is 11.6 Å². The molecule has 1 heterocycles. The van der Waals surface area contributed by atoms with Crippen molar-refractivity contribution in [2.24, 2.45) is 5.10 Å². The molecule has 0 atom stereocenters. The Bertz CT molecular complexity index is 349. The Morgan fingerprint density at radius 2 is 2.38 bits per heavy atom. The molecular weight excluding hydrogens is 222 g/mol. The summed E-state index contributed by atoms with van der Waals surface area (Å²) in [5, 5.41) is 10.2. The molecule has 0 aromatic carbocycles. The quantitative estimate of drug-likeness (QED) is 0.604. The van der Waals surface area contributed by atoms with Gasteiger partial charge in [0.1, 0.15) is 0 Å². The van der Waals surface area contributed by atoms with E-state index in [0.717, 1.165) is 29.4 Å². The molecule has 1 rings (SSSR count). The SMILES string of the molecule is CCN(/N=C/C1=CCNC=C1)/C(C)=C(\C)Cl. The molecule has 0 amide bonds. The van der Waals surface area contributed by atoms with E-state index < -0.39 is 0 Å². The summed E-state index contributed by atoms with van der Waals surface area (Å²) in [6.45, 7) is 7.55. The highest BCUT2D eigenvalue weighted by atomic mass is 35.5. The number of nitrogens with one attached hydrogen (secondary N) is 1. The minimum atomic E-state index is 0.772. The predicted octanol–water partition coefficient (Wildman–Crippen LogP) is 2.83. The van der Waals surface area contributed by atoms with Gasteiger partial charge in [0, 0.05) is 23.8 Å². The fourth-order valence-electron chi connectivity index (χ4n) is 1.28. The van der Waals surface area contributed by atoms with Crippen LogP contribution in [-0.2, 0) is 0 Å². The molecule has 0 radical (unpaired) electrons. The van der Waals surface area contributed by atoms with Gasteiger partial charge in [0.15, 0.2) is 0 Å². The first kappa shape index (κ1) is 12.8. The van der Waals surface area contributed by atoms with E-state index in [-0.39, 0.29) is 0 Å². The summed E-state index contributed by atoms with van der Waals surface area (Å²) in [4.78, 5) is 0. The summed E-state index contributed by atoms with van der Waals surface area (Å²) in [7, 11) is 0. The molecule has 0 spiro atoms. The molecule has 0 aromatic heterocycles. The molecule has 0 aliphatic carbocycles. The maximum atomic E-state index is 5.95. The lowest BCUT2D eigenvalue weighted by Crippen LogP contribution is -2.16. The van der Waals surface area contributed by atoms with Crippen molar-refractivity contribution in [2.45, 2.75) is 20.8 Å². The molecule has 1 N–H and O–H groups in total. The Balaban J connectivity index is 2.70. The highest BCUT2D eigenvalue weighted by Crippen LogP contribution is 2.13. The smallest absolute Gasteiger partial charge is 0.0545 e. The van der Waals surface area contributed by atoms with Crippen LogP contribution in [0, 0.1) is 0 Å². The van der Waals surface area contributed by atoms with E-state index in [0.29, 0.717) is 0 Å². The largest absolute Gasteiger partial charge is 0.387 e. The lowest BCUT2D eigenvalue weighted by atomic mass is 10.2. The van der Waals surface area contributed by atoms with Gasteiger partial charge in [-0.15, -0.1) is 0 Å². The standard InChI is InChI=1S/C12H18ClN3/c1-4-16(11(3)10(2)13)15-9-12-5-7-14-8-6-12/h5-7,9,14H,4,8H2,1-3H3/b11-10+,15-9+. The first-order valence-electron chi connectivity index (χ1n) is 5.39. The van der Waals surface area contributed by atoms with Crippen molar-refractivity contribution < 1.29 is 0 Å². The summed E-state index contributed by atoms with van der Waals surface area (Å²) >= 11 is 5.95. The van der Waals surface area contributed by atoms with Gasteiger partial charge in [-0.05, 0) is 38.6 Å². The van der Waals surface area contributed by atoms with Crippen LogP contribution in [0.4, 0.5) is 0 Å². The molecule has 0 aromatic rings. The molecule has 0 bridgehead atoms. The van der Waals surface area contributed by atoms with Gasteiger partial charge in [0.2, 0.25) is 0 Å². The molecule has 3 nitrogen and oxygen atoms in total. The second-order valence-electron chi connectivity index (χ2n) is 3.52. The van der Waals surface area contributed by atoms with Crippen molar-refractivity contribution in [1.82, 2.24) is 10.3 Å². The Labute approximate surface area is 102 Å². The number of hydrogen-bond acceptors (Lipinski definition) is 3. The van der Waals surface area contributed by atoms with Crippen molar-refractivity contribution in [1.29, 1.82) is 0 Å². The average Bonchev–Trinajstić information content (AvgIpc) is 2.30. The lowest BCUT2D eigenvalue weighted by Gasteiger charge is -2.18. The van der Waals surface area contributed by atoms with Crippen LogP contribution < -0.4 is 5.32 Å². The number of halogens is 1. The summed E-state index contributed by atoms with van der Waals surface area (Å²) in [5.41, 5.74) is 2.09. The van der Waals surface area contributed by atoms with Gasteiger partial charge >= 0.3 is 0 Å². The van der Waals surface area contributed by atoms with Gasteiger partial charge in [-0.25, -0.2) is 0 Å². The molecule has 1 aliphatic heterocycles. The molecule has 0 saturated carbocycles. The van der Waals surface area contributed by atoms with Gasteiger partial charge in [0.05, 0.1) is 6.21 Å². The minimum absolute atomic E-state index is 0.772. The zero-order valence-corrected chi connectivity index (χ0v) is 10.8. The third-order valence-corrected chi connectivity index (χ3v) is 2.65. The highest BCUT2D eigenvalue weighted by molar-refractivity contribution is 6.29. The van der Waals surface area contributed by atoms with Gasteiger partial charge in [-0.3, -0.25) is 5.01 Å². The second kappa shape index (κ2) is 6.38. The minimum Gasteiger partial charge on any atom is -0.387 e. The maximum absolute atomic E-state index is 5.95. The van der Waals surface area contributed by atoms with Crippen LogP contribution in [0.2, 0.25) is 0 Å². The summed E-state index contributed by atoms with van der Waals surface area (Å²) in [5.74, 6) is 0. The highest BCUT2D eigenvalue weighted by Gasteiger charge is 2.02. The number of allylic oxidation sites excluding steroid dienone is 4. The predicted molar refractivity (Wildman–Crippen MR) is 70.3 cm³/mol. The maximum Gasteiger partial charge on any atom is 0.0545 e. The Morgan fingerprint density at radius 1 is 1.62 bits per heavy atom. The molecule has 0 fully saturated rings. The second-order valence-corrected chi connectivity index (χ2v) is 4.09. The third kappa shape index (κ3) is 3.74. The molecule has 16 heavy (non-hydrogen) atoms. The number of dihydropyridines is 1. The normalized spacial score (nSPS) is 16.9. The molecule has 1 aliphatic rings. The Hall–Kier alpha value is -1.22. The number of hydrazone groups is 1. The van der Waals surface area contributed by atoms with E-state index in [9.17, 15) is 0 Å². The van der Waals surface area contributed by atoms with E-state index >= 15 is 0 Å². The first-order valence-corrected chi connectivity index (χ1v) is 5.77. The van der Waals surface area contributed by atoms with Crippen molar-refractivity contribution >= 4 is 17.8 Å². The van der Waals surface area contributed by atoms with Crippen LogP contribution in [0.5, 0.6) is 0 Å². The molecule has 0 saturated heterocycles.